The predicted molar refractivity (Wildman–Crippen MR) is 50.3 cm³/mol. The number of hydrogen-bond donors (Lipinski definition) is 1. The summed E-state index contributed by atoms with van der Waals surface area (Å²) < 4.78 is 4.86. The highest BCUT2D eigenvalue weighted by molar-refractivity contribution is 7.59. The zero-order valence-corrected chi connectivity index (χ0v) is 7.57. The number of benzene rings is 1. The van der Waals surface area contributed by atoms with Gasteiger partial charge in [-0.1, -0.05) is 0 Å². The fourth-order valence-corrected chi connectivity index (χ4v) is 0.734. The molecule has 0 saturated heterocycles. The highest BCUT2D eigenvalue weighted by Crippen LogP contribution is 2.10. The monoisotopic (exact) mass is 186 g/mol. The molecular formula is C8H10O3S. The van der Waals surface area contributed by atoms with Gasteiger partial charge in [0.25, 0.3) is 0 Å². The van der Waals surface area contributed by atoms with E-state index in [9.17, 15) is 4.79 Å². The van der Waals surface area contributed by atoms with Crippen molar-refractivity contribution in [3.8, 4) is 5.75 Å². The Morgan fingerprint density at radius 3 is 2.17 bits per heavy atom. The van der Waals surface area contributed by atoms with Gasteiger partial charge in [-0.3, -0.25) is 0 Å². The van der Waals surface area contributed by atoms with E-state index in [1.54, 1.807) is 12.1 Å². The van der Waals surface area contributed by atoms with Gasteiger partial charge in [-0.05, 0) is 24.3 Å². The molecule has 12 heavy (non-hydrogen) atoms. The molecule has 0 heterocycles. The Hall–Kier alpha value is -1.16. The summed E-state index contributed by atoms with van der Waals surface area (Å²) in [5.74, 6) is -0.261. The summed E-state index contributed by atoms with van der Waals surface area (Å²) >= 11 is 0. The van der Waals surface area contributed by atoms with Crippen LogP contribution in [0.25, 0.3) is 0 Å². The molecule has 0 saturated carbocycles. The Morgan fingerprint density at radius 2 is 1.83 bits per heavy atom. The van der Waals surface area contributed by atoms with Gasteiger partial charge in [0, 0.05) is 0 Å². The molecule has 0 aliphatic heterocycles. The minimum Gasteiger partial charge on any atom is -0.497 e. The van der Waals surface area contributed by atoms with Crippen LogP contribution < -0.4 is 4.74 Å². The van der Waals surface area contributed by atoms with E-state index in [0.717, 1.165) is 0 Å². The number of carbonyl (C=O) groups is 1. The van der Waals surface area contributed by atoms with Crippen molar-refractivity contribution in [1.29, 1.82) is 0 Å². The Balaban J connectivity index is 0.00000121. The lowest BCUT2D eigenvalue weighted by molar-refractivity contribution is 0.0697. The van der Waals surface area contributed by atoms with Crippen molar-refractivity contribution < 1.29 is 14.6 Å². The average molecular weight is 186 g/mol. The van der Waals surface area contributed by atoms with Gasteiger partial charge < -0.3 is 9.84 Å². The third-order valence-corrected chi connectivity index (χ3v) is 1.34. The van der Waals surface area contributed by atoms with E-state index in [2.05, 4.69) is 0 Å². The molecule has 1 aromatic rings. The second kappa shape index (κ2) is 4.66. The van der Waals surface area contributed by atoms with Gasteiger partial charge in [-0.15, -0.1) is 0 Å². The smallest absolute Gasteiger partial charge is 0.335 e. The van der Waals surface area contributed by atoms with Gasteiger partial charge >= 0.3 is 5.97 Å². The van der Waals surface area contributed by atoms with Crippen LogP contribution in [0, 0.1) is 0 Å². The van der Waals surface area contributed by atoms with Crippen LogP contribution in [0.3, 0.4) is 0 Å². The van der Waals surface area contributed by atoms with Crippen LogP contribution >= 0.6 is 13.5 Å². The van der Waals surface area contributed by atoms with Gasteiger partial charge in [-0.25, -0.2) is 4.79 Å². The molecule has 0 unspecified atom stereocenters. The van der Waals surface area contributed by atoms with E-state index in [-0.39, 0.29) is 19.1 Å². The number of methoxy groups -OCH3 is 1. The largest absolute Gasteiger partial charge is 0.497 e. The van der Waals surface area contributed by atoms with Crippen LogP contribution in [0.4, 0.5) is 0 Å². The Morgan fingerprint density at radius 1 is 1.33 bits per heavy atom. The van der Waals surface area contributed by atoms with Gasteiger partial charge in [0.05, 0.1) is 12.7 Å². The number of aromatic carboxylic acids is 1. The first kappa shape index (κ1) is 10.8. The molecule has 0 aliphatic rings. The molecule has 1 rings (SSSR count). The minimum atomic E-state index is -0.923. The number of carboxylic acid groups (broad SMARTS) is 1. The first-order valence-electron chi connectivity index (χ1n) is 3.11. The lowest BCUT2D eigenvalue weighted by Crippen LogP contribution is -1.95. The van der Waals surface area contributed by atoms with Crippen molar-refractivity contribution in [2.75, 3.05) is 7.11 Å². The lowest BCUT2D eigenvalue weighted by atomic mass is 10.2. The van der Waals surface area contributed by atoms with Crippen LogP contribution in [0.2, 0.25) is 0 Å². The summed E-state index contributed by atoms with van der Waals surface area (Å²) in [6.07, 6.45) is 0. The molecule has 0 radical (unpaired) electrons. The molecule has 0 atom stereocenters. The molecule has 0 aliphatic carbocycles. The van der Waals surface area contributed by atoms with Gasteiger partial charge in [-0.2, -0.15) is 13.5 Å². The lowest BCUT2D eigenvalue weighted by Gasteiger charge is -1.98. The molecule has 4 heteroatoms. The van der Waals surface area contributed by atoms with Gasteiger partial charge in [0.2, 0.25) is 0 Å². The predicted octanol–water partition coefficient (Wildman–Crippen LogP) is 1.51. The van der Waals surface area contributed by atoms with Crippen LogP contribution in [0.1, 0.15) is 10.4 Å². The molecule has 0 fully saturated rings. The fourth-order valence-electron chi connectivity index (χ4n) is 0.734. The van der Waals surface area contributed by atoms with Crippen molar-refractivity contribution in [2.24, 2.45) is 0 Å². The maximum absolute atomic E-state index is 10.4. The number of carboxylic acids is 1. The maximum atomic E-state index is 10.4. The summed E-state index contributed by atoms with van der Waals surface area (Å²) in [5.41, 5.74) is 0.269. The van der Waals surface area contributed by atoms with E-state index in [1.165, 1.54) is 19.2 Å². The second-order valence-electron chi connectivity index (χ2n) is 2.03. The zero-order valence-electron chi connectivity index (χ0n) is 6.57. The standard InChI is InChI=1S/C8H8O3.H2S/c1-11-7-4-2-6(3-5-7)8(9)10;/h2-5H,1H3,(H,9,10);1H2. The van der Waals surface area contributed by atoms with Crippen LogP contribution in [0.15, 0.2) is 24.3 Å². The number of hydrogen-bond acceptors (Lipinski definition) is 2. The summed E-state index contributed by atoms with van der Waals surface area (Å²) in [4.78, 5) is 10.4. The van der Waals surface area contributed by atoms with Gasteiger partial charge in [0.1, 0.15) is 5.75 Å². The molecular weight excluding hydrogens is 176 g/mol. The Bertz CT molecular complexity index is 256. The molecule has 0 aromatic heterocycles. The van der Waals surface area contributed by atoms with E-state index in [0.29, 0.717) is 5.75 Å². The summed E-state index contributed by atoms with van der Waals surface area (Å²) in [7, 11) is 1.54. The summed E-state index contributed by atoms with van der Waals surface area (Å²) in [5, 5.41) is 8.51. The second-order valence-corrected chi connectivity index (χ2v) is 2.03. The molecule has 66 valence electrons. The first-order chi connectivity index (χ1) is 5.24. The van der Waals surface area contributed by atoms with Gasteiger partial charge in [0.15, 0.2) is 0 Å². The van der Waals surface area contributed by atoms with Crippen molar-refractivity contribution in [3.05, 3.63) is 29.8 Å². The molecule has 0 bridgehead atoms. The van der Waals surface area contributed by atoms with E-state index in [1.807, 2.05) is 0 Å². The highest BCUT2D eigenvalue weighted by atomic mass is 32.1. The molecule has 1 aromatic carbocycles. The molecule has 1 N–H and O–H groups in total. The minimum absolute atomic E-state index is 0. The summed E-state index contributed by atoms with van der Waals surface area (Å²) in [6.45, 7) is 0. The van der Waals surface area contributed by atoms with E-state index >= 15 is 0 Å². The first-order valence-corrected chi connectivity index (χ1v) is 3.11. The van der Waals surface area contributed by atoms with E-state index < -0.39 is 5.97 Å². The number of rotatable bonds is 2. The molecule has 0 spiro atoms. The molecule has 0 amide bonds. The maximum Gasteiger partial charge on any atom is 0.335 e. The normalized spacial score (nSPS) is 8.42. The van der Waals surface area contributed by atoms with Crippen LogP contribution in [-0.4, -0.2) is 18.2 Å². The third-order valence-electron chi connectivity index (χ3n) is 1.34. The topological polar surface area (TPSA) is 46.5 Å². The van der Waals surface area contributed by atoms with Crippen molar-refractivity contribution in [1.82, 2.24) is 0 Å². The fraction of sp³-hybridized carbons (Fsp3) is 0.125. The quantitative estimate of drug-likeness (QED) is 0.761. The average Bonchev–Trinajstić information content (AvgIpc) is 2.05. The van der Waals surface area contributed by atoms with Crippen LogP contribution in [0.5, 0.6) is 5.75 Å². The Kier molecular flexibility index (Phi) is 4.21. The van der Waals surface area contributed by atoms with Crippen molar-refractivity contribution in [3.63, 3.8) is 0 Å². The third kappa shape index (κ3) is 2.47. The SMILES string of the molecule is COc1ccc(C(=O)O)cc1.S. The number of ether oxygens (including phenoxy) is 1. The molecule has 3 nitrogen and oxygen atoms in total. The van der Waals surface area contributed by atoms with E-state index in [4.69, 9.17) is 9.84 Å². The van der Waals surface area contributed by atoms with Crippen molar-refractivity contribution >= 4 is 19.5 Å². The summed E-state index contributed by atoms with van der Waals surface area (Å²) in [6, 6.07) is 6.23. The van der Waals surface area contributed by atoms with Crippen LogP contribution in [-0.2, 0) is 0 Å². The highest BCUT2D eigenvalue weighted by Gasteiger charge is 2.00. The van der Waals surface area contributed by atoms with Crippen molar-refractivity contribution in [2.45, 2.75) is 0 Å². The zero-order chi connectivity index (χ0) is 8.27. The Labute approximate surface area is 77.4 Å².